The summed E-state index contributed by atoms with van der Waals surface area (Å²) in [4.78, 5) is 34.9. The zero-order valence-corrected chi connectivity index (χ0v) is 14.1. The molecule has 7 heteroatoms. The highest BCUT2D eigenvalue weighted by Gasteiger charge is 2.25. The number of hydrogen-bond acceptors (Lipinski definition) is 6. The van der Waals surface area contributed by atoms with E-state index in [2.05, 4.69) is 5.32 Å². The van der Waals surface area contributed by atoms with Gasteiger partial charge in [-0.1, -0.05) is 30.3 Å². The molecule has 0 atom stereocenters. The molecule has 3 rings (SSSR count). The number of amides is 1. The van der Waals surface area contributed by atoms with Crippen LogP contribution in [0.15, 0.2) is 42.5 Å². The molecular formula is C19H17NO6. The van der Waals surface area contributed by atoms with Crippen molar-refractivity contribution >= 4 is 23.3 Å². The predicted octanol–water partition coefficient (Wildman–Crippen LogP) is 2.34. The van der Waals surface area contributed by atoms with Gasteiger partial charge in [0, 0.05) is 13.0 Å². The largest absolute Gasteiger partial charge is 0.489 e. The van der Waals surface area contributed by atoms with E-state index in [1.165, 1.54) is 13.0 Å². The van der Waals surface area contributed by atoms with E-state index in [9.17, 15) is 14.4 Å². The van der Waals surface area contributed by atoms with E-state index in [1.54, 1.807) is 6.07 Å². The van der Waals surface area contributed by atoms with Crippen LogP contribution in [-0.4, -0.2) is 30.9 Å². The van der Waals surface area contributed by atoms with E-state index < -0.39 is 18.4 Å². The maximum atomic E-state index is 12.4. The summed E-state index contributed by atoms with van der Waals surface area (Å²) in [5.41, 5.74) is 1.49. The van der Waals surface area contributed by atoms with Crippen LogP contribution in [0, 0.1) is 0 Å². The Labute approximate surface area is 149 Å². The van der Waals surface area contributed by atoms with Crippen molar-refractivity contribution in [3.05, 3.63) is 53.6 Å². The van der Waals surface area contributed by atoms with E-state index in [0.29, 0.717) is 18.0 Å². The lowest BCUT2D eigenvalue weighted by Gasteiger charge is -2.21. The lowest BCUT2D eigenvalue weighted by molar-refractivity contribution is -0.139. The van der Waals surface area contributed by atoms with Gasteiger partial charge in [-0.15, -0.1) is 0 Å². The molecule has 0 unspecified atom stereocenters. The molecule has 1 heterocycles. The number of esters is 1. The van der Waals surface area contributed by atoms with Crippen LogP contribution in [0.2, 0.25) is 0 Å². The van der Waals surface area contributed by atoms with Crippen LogP contribution in [-0.2, 0) is 20.9 Å². The van der Waals surface area contributed by atoms with Gasteiger partial charge in [0.1, 0.15) is 12.4 Å². The molecule has 0 fully saturated rings. The Morgan fingerprint density at radius 2 is 1.96 bits per heavy atom. The lowest BCUT2D eigenvalue weighted by Crippen LogP contribution is -2.27. The van der Waals surface area contributed by atoms with Crippen molar-refractivity contribution in [3.63, 3.8) is 0 Å². The zero-order chi connectivity index (χ0) is 18.5. The third-order valence-electron chi connectivity index (χ3n) is 3.64. The van der Waals surface area contributed by atoms with Crippen molar-refractivity contribution in [2.45, 2.75) is 13.5 Å². The molecule has 26 heavy (non-hydrogen) atoms. The van der Waals surface area contributed by atoms with E-state index in [0.717, 1.165) is 5.56 Å². The topological polar surface area (TPSA) is 90.9 Å². The molecule has 0 spiro atoms. The Morgan fingerprint density at radius 1 is 1.19 bits per heavy atom. The van der Waals surface area contributed by atoms with Gasteiger partial charge in [-0.25, -0.2) is 0 Å². The first-order valence-corrected chi connectivity index (χ1v) is 7.97. The summed E-state index contributed by atoms with van der Waals surface area (Å²) < 4.78 is 15.9. The molecule has 2 aromatic carbocycles. The number of ketones is 1. The molecule has 0 saturated carbocycles. The van der Waals surface area contributed by atoms with Crippen molar-refractivity contribution in [2.24, 2.45) is 0 Å². The fourth-order valence-corrected chi connectivity index (χ4v) is 2.45. The molecule has 0 aromatic heterocycles. The van der Waals surface area contributed by atoms with Crippen LogP contribution in [0.25, 0.3) is 0 Å². The second kappa shape index (κ2) is 7.69. The minimum atomic E-state index is -0.557. The summed E-state index contributed by atoms with van der Waals surface area (Å²) in [6.07, 6.45) is 0. The van der Waals surface area contributed by atoms with Crippen LogP contribution in [0.3, 0.4) is 0 Å². The summed E-state index contributed by atoms with van der Waals surface area (Å²) in [5.74, 6) is -0.690. The van der Waals surface area contributed by atoms with Gasteiger partial charge in [0.15, 0.2) is 19.0 Å². The van der Waals surface area contributed by atoms with E-state index in [1.807, 2.05) is 30.3 Å². The number of carbonyl (C=O) groups excluding carboxylic acids is 3. The fraction of sp³-hybridized carbons (Fsp3) is 0.211. The molecule has 0 radical (unpaired) electrons. The smallest absolute Gasteiger partial charge is 0.303 e. The standard InChI is InChI=1S/C19H17NO6/c1-12(21)24-10-17(22)15-7-14(25-9-13-5-3-2-4-6-13)8-16-19(15)26-11-18(23)20-16/h2-8H,9-11H2,1H3,(H,20,23). The quantitative estimate of drug-likeness (QED) is 0.632. The Bertz CT molecular complexity index is 847. The van der Waals surface area contributed by atoms with Gasteiger partial charge >= 0.3 is 5.97 Å². The lowest BCUT2D eigenvalue weighted by atomic mass is 10.1. The highest BCUT2D eigenvalue weighted by molar-refractivity contribution is 6.05. The average Bonchev–Trinajstić information content (AvgIpc) is 2.64. The Balaban J connectivity index is 1.86. The number of fused-ring (bicyclic) bond motifs is 1. The van der Waals surface area contributed by atoms with Crippen LogP contribution in [0.1, 0.15) is 22.8 Å². The number of nitrogens with one attached hydrogen (secondary N) is 1. The Kier molecular flexibility index (Phi) is 5.17. The predicted molar refractivity (Wildman–Crippen MR) is 92.3 cm³/mol. The minimum absolute atomic E-state index is 0.187. The second-order valence-corrected chi connectivity index (χ2v) is 5.66. The molecule has 1 N–H and O–H groups in total. The van der Waals surface area contributed by atoms with Crippen LogP contribution >= 0.6 is 0 Å². The third kappa shape index (κ3) is 4.18. The summed E-state index contributed by atoms with van der Waals surface area (Å²) in [5, 5.41) is 2.65. The molecule has 0 bridgehead atoms. The monoisotopic (exact) mass is 355 g/mol. The number of benzene rings is 2. The maximum absolute atomic E-state index is 12.4. The molecule has 1 aliphatic heterocycles. The van der Waals surface area contributed by atoms with E-state index >= 15 is 0 Å². The summed E-state index contributed by atoms with van der Waals surface area (Å²) in [6, 6.07) is 12.6. The molecular weight excluding hydrogens is 338 g/mol. The minimum Gasteiger partial charge on any atom is -0.489 e. The Hall–Kier alpha value is -3.35. The van der Waals surface area contributed by atoms with Crippen molar-refractivity contribution in [3.8, 4) is 11.5 Å². The van der Waals surface area contributed by atoms with Crippen molar-refractivity contribution in [2.75, 3.05) is 18.5 Å². The summed E-state index contributed by atoms with van der Waals surface area (Å²) in [7, 11) is 0. The highest BCUT2D eigenvalue weighted by atomic mass is 16.5. The molecule has 0 saturated heterocycles. The van der Waals surface area contributed by atoms with Gasteiger partial charge in [0.25, 0.3) is 5.91 Å². The molecule has 134 valence electrons. The van der Waals surface area contributed by atoms with E-state index in [-0.39, 0.29) is 23.8 Å². The molecule has 0 aliphatic carbocycles. The number of carbonyl (C=O) groups is 3. The number of rotatable bonds is 6. The number of hydrogen-bond donors (Lipinski definition) is 1. The van der Waals surface area contributed by atoms with Gasteiger partial charge in [-0.3, -0.25) is 14.4 Å². The number of Topliss-reactive ketones (excluding diaryl/α,β-unsaturated/α-hetero) is 1. The molecule has 1 aliphatic rings. The normalized spacial score (nSPS) is 12.4. The van der Waals surface area contributed by atoms with Gasteiger partial charge in [0.05, 0.1) is 11.3 Å². The van der Waals surface area contributed by atoms with Crippen LogP contribution in [0.5, 0.6) is 11.5 Å². The van der Waals surface area contributed by atoms with Gasteiger partial charge in [-0.05, 0) is 11.6 Å². The van der Waals surface area contributed by atoms with Crippen LogP contribution in [0.4, 0.5) is 5.69 Å². The van der Waals surface area contributed by atoms with Gasteiger partial charge in [-0.2, -0.15) is 0 Å². The number of anilines is 1. The van der Waals surface area contributed by atoms with Crippen molar-refractivity contribution in [1.82, 2.24) is 0 Å². The Morgan fingerprint density at radius 3 is 2.69 bits per heavy atom. The van der Waals surface area contributed by atoms with Crippen molar-refractivity contribution < 1.29 is 28.6 Å². The number of ether oxygens (including phenoxy) is 3. The first-order chi connectivity index (χ1) is 12.5. The van der Waals surface area contributed by atoms with E-state index in [4.69, 9.17) is 14.2 Å². The average molecular weight is 355 g/mol. The molecule has 2 aromatic rings. The van der Waals surface area contributed by atoms with Crippen molar-refractivity contribution in [1.29, 1.82) is 0 Å². The first-order valence-electron chi connectivity index (χ1n) is 7.97. The fourth-order valence-electron chi connectivity index (χ4n) is 2.45. The van der Waals surface area contributed by atoms with Gasteiger partial charge < -0.3 is 19.5 Å². The maximum Gasteiger partial charge on any atom is 0.303 e. The van der Waals surface area contributed by atoms with Crippen LogP contribution < -0.4 is 14.8 Å². The highest BCUT2D eigenvalue weighted by Crippen LogP contribution is 2.36. The summed E-state index contributed by atoms with van der Waals surface area (Å²) >= 11 is 0. The SMILES string of the molecule is CC(=O)OCC(=O)c1cc(OCc2ccccc2)cc2c1OCC(=O)N2. The van der Waals surface area contributed by atoms with Gasteiger partial charge in [0.2, 0.25) is 5.78 Å². The third-order valence-corrected chi connectivity index (χ3v) is 3.64. The summed E-state index contributed by atoms with van der Waals surface area (Å²) in [6.45, 7) is 0.914. The molecule has 1 amide bonds. The first kappa shape index (κ1) is 17.5. The zero-order valence-electron chi connectivity index (χ0n) is 14.1. The molecule has 7 nitrogen and oxygen atoms in total. The second-order valence-electron chi connectivity index (χ2n) is 5.66.